The Morgan fingerprint density at radius 2 is 1.57 bits per heavy atom. The highest BCUT2D eigenvalue weighted by Gasteiger charge is 2.29. The molecule has 5 nitrogen and oxygen atoms in total. The average Bonchev–Trinajstić information content (AvgIpc) is 2.79. The molecule has 0 saturated carbocycles. The molecule has 0 unspecified atom stereocenters. The molecule has 1 aliphatic rings. The minimum absolute atomic E-state index is 0.0354. The van der Waals surface area contributed by atoms with Gasteiger partial charge in [-0.15, -0.1) is 0 Å². The smallest absolute Gasteiger partial charge is 0.413 e. The maximum Gasteiger partial charge on any atom is 0.413 e. The number of amides is 1. The summed E-state index contributed by atoms with van der Waals surface area (Å²) in [5.74, 6) is -0.0354. The Hall–Kier alpha value is -1.94. The minimum Gasteiger partial charge on any atom is -0.448 e. The summed E-state index contributed by atoms with van der Waals surface area (Å²) in [7, 11) is -2.49. The van der Waals surface area contributed by atoms with Crippen LogP contribution in [-0.2, 0) is 4.74 Å². The molecule has 0 radical (unpaired) electrons. The molecule has 21 heavy (non-hydrogen) atoms. The van der Waals surface area contributed by atoms with E-state index < -0.39 is 14.6 Å². The van der Waals surface area contributed by atoms with Gasteiger partial charge in [-0.2, -0.15) is 0 Å². The Morgan fingerprint density at radius 1 is 1.05 bits per heavy atom. The van der Waals surface area contributed by atoms with Gasteiger partial charge in [0.1, 0.15) is 6.61 Å². The number of benzene rings is 2. The second-order valence-electron chi connectivity index (χ2n) is 4.73. The monoisotopic (exact) mass is 303 g/mol. The maximum absolute atomic E-state index is 11.4. The van der Waals surface area contributed by atoms with Crippen LogP contribution in [0.1, 0.15) is 17.0 Å². The van der Waals surface area contributed by atoms with Crippen molar-refractivity contribution in [3.63, 3.8) is 0 Å². The third-order valence-corrected chi connectivity index (χ3v) is 3.92. The summed E-state index contributed by atoms with van der Waals surface area (Å²) in [5, 5.41) is 1.93. The molecule has 2 aromatic carbocycles. The molecule has 0 aromatic heterocycles. The normalized spacial score (nSPS) is 12.9. The number of hydrogen-bond acceptors (Lipinski definition) is 4. The Morgan fingerprint density at radius 3 is 2.10 bits per heavy atom. The van der Waals surface area contributed by atoms with Crippen molar-refractivity contribution >= 4 is 14.6 Å². The number of fused-ring (bicyclic) bond motifs is 3. The van der Waals surface area contributed by atoms with Crippen molar-refractivity contribution in [1.29, 1.82) is 0 Å². The Kier molecular flexibility index (Phi) is 3.88. The number of ether oxygens (including phenoxy) is 1. The second-order valence-corrected chi connectivity index (χ2v) is 5.53. The van der Waals surface area contributed by atoms with E-state index in [1.54, 1.807) is 0 Å². The predicted octanol–water partition coefficient (Wildman–Crippen LogP) is 2.74. The minimum atomic E-state index is -2.49. The fourth-order valence-corrected chi connectivity index (χ4v) is 2.94. The lowest BCUT2D eigenvalue weighted by atomic mass is 9.98. The molecule has 2 aromatic rings. The summed E-state index contributed by atoms with van der Waals surface area (Å²) >= 11 is 0. The van der Waals surface area contributed by atoms with Crippen LogP contribution in [0.5, 0.6) is 0 Å². The van der Waals surface area contributed by atoms with Gasteiger partial charge in [0.05, 0.1) is 0 Å². The molecule has 0 bridgehead atoms. The van der Waals surface area contributed by atoms with Gasteiger partial charge in [-0.25, -0.2) is 4.79 Å². The van der Waals surface area contributed by atoms with E-state index in [0.717, 1.165) is 22.3 Å². The predicted molar refractivity (Wildman–Crippen MR) is 79.6 cm³/mol. The van der Waals surface area contributed by atoms with Crippen LogP contribution < -0.4 is 5.09 Å². The third kappa shape index (κ3) is 2.76. The van der Waals surface area contributed by atoms with Crippen LogP contribution >= 0.6 is 8.53 Å². The van der Waals surface area contributed by atoms with E-state index >= 15 is 0 Å². The van der Waals surface area contributed by atoms with Crippen molar-refractivity contribution < 1.29 is 19.3 Å². The van der Waals surface area contributed by atoms with Crippen molar-refractivity contribution in [2.75, 3.05) is 6.61 Å². The molecule has 3 rings (SSSR count). The molecular formula is C15H14NO4P. The number of carbonyl (C=O) groups excluding carboxylic acids is 1. The summed E-state index contributed by atoms with van der Waals surface area (Å²) in [6.07, 6.45) is -0.826. The van der Waals surface area contributed by atoms with Crippen molar-refractivity contribution in [2.45, 2.75) is 5.92 Å². The second kappa shape index (κ2) is 5.82. The lowest BCUT2D eigenvalue weighted by Gasteiger charge is -2.14. The highest BCUT2D eigenvalue weighted by molar-refractivity contribution is 7.43. The summed E-state index contributed by atoms with van der Waals surface area (Å²) in [5.41, 5.74) is 4.52. The summed E-state index contributed by atoms with van der Waals surface area (Å²) in [6, 6.07) is 16.0. The molecular weight excluding hydrogens is 289 g/mol. The first-order valence-corrected chi connectivity index (χ1v) is 7.71. The van der Waals surface area contributed by atoms with Gasteiger partial charge < -0.3 is 14.5 Å². The molecule has 0 spiro atoms. The standard InChI is InChI=1S/C15H14NO4P/c17-15(16-21(18)19)20-9-14-12-7-3-1-5-10(12)11-6-2-4-8-13(11)14/h1-8,14,18-19H,9H2,(H,16,17). The van der Waals surface area contributed by atoms with E-state index in [0.29, 0.717) is 0 Å². The van der Waals surface area contributed by atoms with Gasteiger partial charge in [0.2, 0.25) is 0 Å². The lowest BCUT2D eigenvalue weighted by Crippen LogP contribution is -2.21. The Balaban J connectivity index is 1.84. The molecule has 0 atom stereocenters. The van der Waals surface area contributed by atoms with Crippen molar-refractivity contribution in [3.8, 4) is 11.1 Å². The SMILES string of the molecule is O=C(NP(O)O)OCC1c2ccccc2-c2ccccc21. The van der Waals surface area contributed by atoms with Gasteiger partial charge in [-0.05, 0) is 22.3 Å². The number of carbonyl (C=O) groups is 1. The number of hydrogen-bond donors (Lipinski definition) is 3. The zero-order chi connectivity index (χ0) is 14.8. The van der Waals surface area contributed by atoms with Gasteiger partial charge in [-0.1, -0.05) is 48.5 Å². The van der Waals surface area contributed by atoms with E-state index in [-0.39, 0.29) is 12.5 Å². The van der Waals surface area contributed by atoms with Crippen molar-refractivity contribution in [1.82, 2.24) is 5.09 Å². The molecule has 0 saturated heterocycles. The first kappa shape index (κ1) is 14.0. The molecule has 0 aliphatic heterocycles. The highest BCUT2D eigenvalue weighted by Crippen LogP contribution is 2.44. The lowest BCUT2D eigenvalue weighted by molar-refractivity contribution is 0.148. The quantitative estimate of drug-likeness (QED) is 0.762. The molecule has 1 aliphatic carbocycles. The molecule has 6 heteroatoms. The van der Waals surface area contributed by atoms with Crippen LogP contribution in [0.2, 0.25) is 0 Å². The zero-order valence-electron chi connectivity index (χ0n) is 11.1. The van der Waals surface area contributed by atoms with E-state index in [4.69, 9.17) is 14.5 Å². The maximum atomic E-state index is 11.4. The van der Waals surface area contributed by atoms with E-state index in [9.17, 15) is 4.79 Å². The Bertz CT molecular complexity index is 629. The molecule has 0 heterocycles. The van der Waals surface area contributed by atoms with Gasteiger partial charge in [-0.3, -0.25) is 5.09 Å². The van der Waals surface area contributed by atoms with E-state index in [1.807, 2.05) is 41.5 Å². The summed E-state index contributed by atoms with van der Waals surface area (Å²) in [4.78, 5) is 28.9. The van der Waals surface area contributed by atoms with Crippen LogP contribution in [0.4, 0.5) is 4.79 Å². The average molecular weight is 303 g/mol. The molecule has 1 amide bonds. The van der Waals surface area contributed by atoms with Gasteiger partial charge >= 0.3 is 6.09 Å². The fraction of sp³-hybridized carbons (Fsp3) is 0.133. The van der Waals surface area contributed by atoms with Crippen molar-refractivity contribution in [3.05, 3.63) is 59.7 Å². The topological polar surface area (TPSA) is 78.8 Å². The highest BCUT2D eigenvalue weighted by atomic mass is 31.2. The van der Waals surface area contributed by atoms with E-state index in [2.05, 4.69) is 12.1 Å². The molecule has 0 fully saturated rings. The first-order chi connectivity index (χ1) is 10.2. The van der Waals surface area contributed by atoms with Gasteiger partial charge in [0.25, 0.3) is 8.53 Å². The van der Waals surface area contributed by atoms with Gasteiger partial charge in [0.15, 0.2) is 0 Å². The van der Waals surface area contributed by atoms with Gasteiger partial charge in [0, 0.05) is 5.92 Å². The number of rotatable bonds is 3. The summed E-state index contributed by atoms with van der Waals surface area (Å²) < 4.78 is 5.10. The van der Waals surface area contributed by atoms with Crippen LogP contribution in [0.15, 0.2) is 48.5 Å². The molecule has 3 N–H and O–H groups in total. The van der Waals surface area contributed by atoms with Crippen LogP contribution in [0, 0.1) is 0 Å². The number of nitrogens with one attached hydrogen (secondary N) is 1. The largest absolute Gasteiger partial charge is 0.448 e. The fourth-order valence-electron chi connectivity index (χ4n) is 2.71. The zero-order valence-corrected chi connectivity index (χ0v) is 12.0. The third-order valence-electron chi connectivity index (χ3n) is 3.53. The van der Waals surface area contributed by atoms with Crippen LogP contribution in [0.25, 0.3) is 11.1 Å². The van der Waals surface area contributed by atoms with Crippen molar-refractivity contribution in [2.24, 2.45) is 0 Å². The Labute approximate surface area is 123 Å². The molecule has 108 valence electrons. The van der Waals surface area contributed by atoms with Crippen LogP contribution in [-0.4, -0.2) is 22.5 Å². The first-order valence-electron chi connectivity index (χ1n) is 6.46. The summed E-state index contributed by atoms with van der Waals surface area (Å²) in [6.45, 7) is 0.156. The van der Waals surface area contributed by atoms with Crippen LogP contribution in [0.3, 0.4) is 0 Å². The van der Waals surface area contributed by atoms with E-state index in [1.165, 1.54) is 0 Å².